The zero-order valence-electron chi connectivity index (χ0n) is 11.9. The molecule has 0 fully saturated rings. The number of carboxylic acid groups (broad SMARTS) is 1. The lowest BCUT2D eigenvalue weighted by Gasteiger charge is -2.34. The van der Waals surface area contributed by atoms with E-state index < -0.39 is 5.97 Å². The van der Waals surface area contributed by atoms with Gasteiger partial charge in [0.2, 0.25) is 0 Å². The Balaban J connectivity index is 0. The molecule has 0 radical (unpaired) electrons. The van der Waals surface area contributed by atoms with Crippen LogP contribution in [-0.2, 0) is 4.79 Å². The van der Waals surface area contributed by atoms with Crippen LogP contribution in [0.1, 0.15) is 48.0 Å². The fraction of sp³-hybridized carbons (Fsp3) is 0.923. The van der Waals surface area contributed by atoms with Crippen LogP contribution < -0.4 is 5.11 Å². The van der Waals surface area contributed by atoms with Crippen molar-refractivity contribution in [3.05, 3.63) is 0 Å². The largest absolute Gasteiger partial charge is 0.550 e. The highest BCUT2D eigenvalue weighted by atomic mass is 16.4. The van der Waals surface area contributed by atoms with E-state index in [9.17, 15) is 9.90 Å². The number of quaternary nitrogens is 1. The molecule has 0 saturated heterocycles. The summed E-state index contributed by atoms with van der Waals surface area (Å²) in [5, 5.41) is 9.70. The lowest BCUT2D eigenvalue weighted by Crippen LogP contribution is -2.47. The van der Waals surface area contributed by atoms with Crippen LogP contribution in [0.15, 0.2) is 0 Å². The van der Waals surface area contributed by atoms with Gasteiger partial charge in [-0.1, -0.05) is 13.8 Å². The number of nitrogens with zero attached hydrogens (tertiary/aromatic N) is 1. The Morgan fingerprint density at radius 1 is 1.00 bits per heavy atom. The summed E-state index contributed by atoms with van der Waals surface area (Å²) < 4.78 is 1.28. The summed E-state index contributed by atoms with van der Waals surface area (Å²) in [6, 6.07) is 0. The van der Waals surface area contributed by atoms with E-state index in [-0.39, 0.29) is 12.3 Å². The third-order valence-corrected chi connectivity index (χ3v) is 3.26. The molecule has 0 atom stereocenters. The third kappa shape index (κ3) is 8.72. The van der Waals surface area contributed by atoms with Crippen LogP contribution in [0.25, 0.3) is 0 Å². The van der Waals surface area contributed by atoms with Crippen LogP contribution >= 0.6 is 0 Å². The summed E-state index contributed by atoms with van der Waals surface area (Å²) >= 11 is 0. The van der Waals surface area contributed by atoms with Crippen molar-refractivity contribution < 1.29 is 14.4 Å². The molecule has 0 N–H and O–H groups in total. The molecule has 0 amide bonds. The number of aliphatic carboxylic acids is 1. The van der Waals surface area contributed by atoms with Crippen LogP contribution in [0.3, 0.4) is 0 Å². The van der Waals surface area contributed by atoms with Gasteiger partial charge in [-0.2, -0.15) is 0 Å². The SMILES string of the molecule is CC(C)CC(=O)[O-].CC[N+](CC)(CC)CC. The highest BCUT2D eigenvalue weighted by Gasteiger charge is 2.16. The first-order valence-corrected chi connectivity index (χ1v) is 6.42. The number of carbonyl (C=O) groups is 1. The van der Waals surface area contributed by atoms with Gasteiger partial charge in [0.05, 0.1) is 26.2 Å². The monoisotopic (exact) mass is 231 g/mol. The first kappa shape index (κ1) is 17.8. The molecule has 0 heterocycles. The molecule has 3 heteroatoms. The van der Waals surface area contributed by atoms with E-state index in [1.165, 1.54) is 30.7 Å². The molecule has 0 aliphatic rings. The number of hydrogen-bond acceptors (Lipinski definition) is 2. The van der Waals surface area contributed by atoms with Gasteiger partial charge in [-0.25, -0.2) is 0 Å². The molecule has 0 saturated carbocycles. The topological polar surface area (TPSA) is 40.1 Å². The van der Waals surface area contributed by atoms with E-state index in [0.29, 0.717) is 0 Å². The van der Waals surface area contributed by atoms with Crippen molar-refractivity contribution in [2.45, 2.75) is 48.0 Å². The average molecular weight is 231 g/mol. The van der Waals surface area contributed by atoms with Crippen molar-refractivity contribution in [2.75, 3.05) is 26.2 Å². The van der Waals surface area contributed by atoms with Crippen molar-refractivity contribution in [1.29, 1.82) is 0 Å². The quantitative estimate of drug-likeness (QED) is 0.652. The minimum Gasteiger partial charge on any atom is -0.550 e. The molecular formula is C13H29NO2. The van der Waals surface area contributed by atoms with Crippen molar-refractivity contribution in [3.8, 4) is 0 Å². The molecular weight excluding hydrogens is 202 g/mol. The molecule has 98 valence electrons. The molecule has 0 aliphatic heterocycles. The first-order valence-electron chi connectivity index (χ1n) is 6.42. The van der Waals surface area contributed by atoms with E-state index in [1.54, 1.807) is 0 Å². The molecule has 0 bridgehead atoms. The Morgan fingerprint density at radius 3 is 1.31 bits per heavy atom. The lowest BCUT2D eigenvalue weighted by molar-refractivity contribution is -0.921. The maximum Gasteiger partial charge on any atom is 0.0757 e. The van der Waals surface area contributed by atoms with E-state index >= 15 is 0 Å². The van der Waals surface area contributed by atoms with Gasteiger partial charge in [0.25, 0.3) is 0 Å². The minimum absolute atomic E-state index is 0.167. The molecule has 3 nitrogen and oxygen atoms in total. The Morgan fingerprint density at radius 2 is 1.31 bits per heavy atom. The van der Waals surface area contributed by atoms with Crippen LogP contribution in [0.5, 0.6) is 0 Å². The van der Waals surface area contributed by atoms with Crippen LogP contribution in [0, 0.1) is 5.92 Å². The molecule has 0 unspecified atom stereocenters. The summed E-state index contributed by atoms with van der Waals surface area (Å²) in [6.45, 7) is 17.9. The lowest BCUT2D eigenvalue weighted by atomic mass is 10.1. The van der Waals surface area contributed by atoms with Crippen LogP contribution in [0.4, 0.5) is 0 Å². The molecule has 0 aliphatic carbocycles. The van der Waals surface area contributed by atoms with E-state index in [4.69, 9.17) is 0 Å². The second kappa shape index (κ2) is 9.64. The maximum absolute atomic E-state index is 9.70. The van der Waals surface area contributed by atoms with Gasteiger partial charge in [0.15, 0.2) is 0 Å². The van der Waals surface area contributed by atoms with Crippen LogP contribution in [0.2, 0.25) is 0 Å². The fourth-order valence-electron chi connectivity index (χ4n) is 1.67. The van der Waals surface area contributed by atoms with Gasteiger partial charge in [0, 0.05) is 5.97 Å². The van der Waals surface area contributed by atoms with Crippen molar-refractivity contribution in [1.82, 2.24) is 0 Å². The number of carbonyl (C=O) groups excluding carboxylic acids is 1. The highest BCUT2D eigenvalue weighted by molar-refractivity contribution is 5.64. The van der Waals surface area contributed by atoms with Gasteiger partial charge in [0.1, 0.15) is 0 Å². The van der Waals surface area contributed by atoms with Gasteiger partial charge in [-0.15, -0.1) is 0 Å². The Kier molecular flexibility index (Phi) is 10.7. The normalized spacial score (nSPS) is 10.9. The molecule has 16 heavy (non-hydrogen) atoms. The van der Waals surface area contributed by atoms with Gasteiger partial charge >= 0.3 is 0 Å². The molecule has 0 aromatic carbocycles. The number of rotatable bonds is 6. The van der Waals surface area contributed by atoms with Gasteiger partial charge in [-0.05, 0) is 40.0 Å². The predicted molar refractivity (Wildman–Crippen MR) is 66.9 cm³/mol. The van der Waals surface area contributed by atoms with Crippen molar-refractivity contribution in [3.63, 3.8) is 0 Å². The highest BCUT2D eigenvalue weighted by Crippen LogP contribution is 2.03. The second-order valence-electron chi connectivity index (χ2n) is 4.58. The zero-order chi connectivity index (χ0) is 13.2. The van der Waals surface area contributed by atoms with Gasteiger partial charge < -0.3 is 14.4 Å². The Bertz CT molecular complexity index is 157. The average Bonchev–Trinajstić information content (AvgIpc) is 2.21. The first-order chi connectivity index (χ1) is 7.37. The summed E-state index contributed by atoms with van der Waals surface area (Å²) in [4.78, 5) is 9.70. The van der Waals surface area contributed by atoms with E-state index in [0.717, 1.165) is 0 Å². The maximum atomic E-state index is 9.70. The summed E-state index contributed by atoms with van der Waals surface area (Å²) in [5.41, 5.74) is 0. The summed E-state index contributed by atoms with van der Waals surface area (Å²) in [7, 11) is 0. The van der Waals surface area contributed by atoms with Crippen molar-refractivity contribution in [2.24, 2.45) is 5.92 Å². The Hall–Kier alpha value is -0.570. The fourth-order valence-corrected chi connectivity index (χ4v) is 1.67. The van der Waals surface area contributed by atoms with E-state index in [1.807, 2.05) is 13.8 Å². The predicted octanol–water partition coefficient (Wildman–Crippen LogP) is 1.67. The zero-order valence-corrected chi connectivity index (χ0v) is 11.9. The minimum atomic E-state index is -0.963. The number of hydrogen-bond donors (Lipinski definition) is 0. The molecule has 0 spiro atoms. The summed E-state index contributed by atoms with van der Waals surface area (Å²) in [6.07, 6.45) is 0.167. The second-order valence-corrected chi connectivity index (χ2v) is 4.58. The Labute approximate surface area is 101 Å². The third-order valence-electron chi connectivity index (χ3n) is 3.26. The smallest absolute Gasteiger partial charge is 0.0757 e. The van der Waals surface area contributed by atoms with E-state index in [2.05, 4.69) is 27.7 Å². The molecule has 0 rings (SSSR count). The standard InChI is InChI=1S/C8H20N.C5H10O2/c1-5-9(6-2,7-3)8-4;1-4(2)3-5(6)7/h5-8H2,1-4H3;4H,3H2,1-2H3,(H,6,7)/q+1;/p-1. The van der Waals surface area contributed by atoms with Gasteiger partial charge in [-0.3, -0.25) is 0 Å². The molecule has 0 aromatic rings. The molecule has 0 aromatic heterocycles. The summed E-state index contributed by atoms with van der Waals surface area (Å²) in [5.74, 6) is -0.750. The van der Waals surface area contributed by atoms with Crippen molar-refractivity contribution >= 4 is 5.97 Å². The number of carboxylic acids is 1. The van der Waals surface area contributed by atoms with Crippen LogP contribution in [-0.4, -0.2) is 36.6 Å².